The molecule has 0 amide bonds. The van der Waals surface area contributed by atoms with Crippen LogP contribution >= 0.6 is 0 Å². The summed E-state index contributed by atoms with van der Waals surface area (Å²) in [6, 6.07) is -0.165. The van der Waals surface area contributed by atoms with Crippen molar-refractivity contribution in [2.24, 2.45) is 11.8 Å². The van der Waals surface area contributed by atoms with Gasteiger partial charge in [0.25, 0.3) is 10.1 Å². The average molecular weight is 253 g/mol. The summed E-state index contributed by atoms with van der Waals surface area (Å²) >= 11 is 0. The number of hydrogen-bond acceptors (Lipinski definition) is 4. The van der Waals surface area contributed by atoms with Crippen molar-refractivity contribution in [1.82, 2.24) is 5.32 Å². The fourth-order valence-electron chi connectivity index (χ4n) is 1.52. The van der Waals surface area contributed by atoms with Crippen LogP contribution in [0.25, 0.3) is 0 Å². The Balaban J connectivity index is 4.26. The third kappa shape index (κ3) is 6.42. The van der Waals surface area contributed by atoms with Crippen molar-refractivity contribution < 1.29 is 18.1 Å². The summed E-state index contributed by atoms with van der Waals surface area (Å²) < 4.78 is 29.7. The SMILES string of the molecule is CC(C)C(O)C(NCCS(=O)(=O)O)C(C)C. The van der Waals surface area contributed by atoms with Crippen LogP contribution in [0.2, 0.25) is 0 Å². The molecule has 16 heavy (non-hydrogen) atoms. The molecule has 0 aliphatic rings. The van der Waals surface area contributed by atoms with E-state index in [4.69, 9.17) is 4.55 Å². The second-order valence-corrected chi connectivity index (χ2v) is 6.32. The van der Waals surface area contributed by atoms with Crippen molar-refractivity contribution in [1.29, 1.82) is 0 Å². The zero-order chi connectivity index (χ0) is 12.9. The molecule has 0 aliphatic heterocycles. The molecule has 3 N–H and O–H groups in total. The summed E-state index contributed by atoms with van der Waals surface area (Å²) in [6.45, 7) is 7.87. The molecule has 98 valence electrons. The van der Waals surface area contributed by atoms with Crippen molar-refractivity contribution >= 4 is 10.1 Å². The summed E-state index contributed by atoms with van der Waals surface area (Å²) in [7, 11) is -3.94. The quantitative estimate of drug-likeness (QED) is 0.575. The van der Waals surface area contributed by atoms with E-state index in [0.717, 1.165) is 0 Å². The summed E-state index contributed by atoms with van der Waals surface area (Å²) in [6.07, 6.45) is -0.526. The molecule has 0 spiro atoms. The summed E-state index contributed by atoms with van der Waals surface area (Å²) in [5, 5.41) is 12.9. The van der Waals surface area contributed by atoms with E-state index in [1.54, 1.807) is 0 Å². The molecule has 0 saturated heterocycles. The van der Waals surface area contributed by atoms with Gasteiger partial charge in [-0.2, -0.15) is 8.42 Å². The normalized spacial score (nSPS) is 16.8. The lowest BCUT2D eigenvalue weighted by Crippen LogP contribution is -2.47. The fourth-order valence-corrected chi connectivity index (χ4v) is 1.90. The summed E-state index contributed by atoms with van der Waals surface area (Å²) in [5.74, 6) is -0.0365. The van der Waals surface area contributed by atoms with Gasteiger partial charge in [-0.25, -0.2) is 0 Å². The van der Waals surface area contributed by atoms with Gasteiger partial charge in [-0.15, -0.1) is 0 Å². The van der Waals surface area contributed by atoms with Crippen LogP contribution in [0.5, 0.6) is 0 Å². The number of nitrogens with one attached hydrogen (secondary N) is 1. The maximum Gasteiger partial charge on any atom is 0.266 e. The number of hydrogen-bond donors (Lipinski definition) is 3. The van der Waals surface area contributed by atoms with Gasteiger partial charge in [0, 0.05) is 12.6 Å². The molecule has 0 aromatic rings. The van der Waals surface area contributed by atoms with Crippen LogP contribution in [0.3, 0.4) is 0 Å². The number of rotatable bonds is 7. The third-order valence-electron chi connectivity index (χ3n) is 2.51. The van der Waals surface area contributed by atoms with E-state index in [-0.39, 0.29) is 30.2 Å². The van der Waals surface area contributed by atoms with Crippen LogP contribution in [0.4, 0.5) is 0 Å². The van der Waals surface area contributed by atoms with Crippen LogP contribution in [0.15, 0.2) is 0 Å². The van der Waals surface area contributed by atoms with Crippen molar-refractivity contribution in [2.45, 2.75) is 39.8 Å². The molecule has 0 aliphatic carbocycles. The van der Waals surface area contributed by atoms with E-state index in [1.165, 1.54) is 0 Å². The maximum atomic E-state index is 10.5. The Bertz CT molecular complexity index is 287. The average Bonchev–Trinajstić information content (AvgIpc) is 2.08. The molecule has 6 heteroatoms. The van der Waals surface area contributed by atoms with E-state index in [2.05, 4.69) is 5.32 Å². The minimum absolute atomic E-state index is 0.102. The lowest BCUT2D eigenvalue weighted by Gasteiger charge is -2.29. The van der Waals surface area contributed by atoms with E-state index < -0.39 is 16.2 Å². The monoisotopic (exact) mass is 253 g/mol. The lowest BCUT2D eigenvalue weighted by atomic mass is 9.91. The predicted molar refractivity (Wildman–Crippen MR) is 63.9 cm³/mol. The van der Waals surface area contributed by atoms with E-state index >= 15 is 0 Å². The van der Waals surface area contributed by atoms with E-state index in [0.29, 0.717) is 0 Å². The molecule has 0 saturated carbocycles. The number of aliphatic hydroxyl groups is 1. The van der Waals surface area contributed by atoms with Gasteiger partial charge < -0.3 is 10.4 Å². The van der Waals surface area contributed by atoms with Crippen LogP contribution in [0, 0.1) is 11.8 Å². The van der Waals surface area contributed by atoms with Crippen LogP contribution in [-0.4, -0.2) is 42.5 Å². The summed E-state index contributed by atoms with van der Waals surface area (Å²) in [4.78, 5) is 0. The molecule has 5 nitrogen and oxygen atoms in total. The van der Waals surface area contributed by atoms with Crippen molar-refractivity contribution in [3.63, 3.8) is 0 Å². The molecule has 0 heterocycles. The first-order valence-corrected chi connectivity index (χ1v) is 7.12. The highest BCUT2D eigenvalue weighted by molar-refractivity contribution is 7.85. The van der Waals surface area contributed by atoms with Gasteiger partial charge in [0.1, 0.15) is 0 Å². The standard InChI is InChI=1S/C10H23NO4S/c1-7(2)9(10(12)8(3)4)11-5-6-16(13,14)15/h7-12H,5-6H2,1-4H3,(H,13,14,15). The van der Waals surface area contributed by atoms with Gasteiger partial charge in [0.15, 0.2) is 0 Å². The first-order valence-electron chi connectivity index (χ1n) is 5.51. The maximum absolute atomic E-state index is 10.5. The highest BCUT2D eigenvalue weighted by Gasteiger charge is 2.24. The Hall–Kier alpha value is -0.170. The zero-order valence-electron chi connectivity index (χ0n) is 10.3. The highest BCUT2D eigenvalue weighted by Crippen LogP contribution is 2.13. The molecule has 0 fully saturated rings. The van der Waals surface area contributed by atoms with Gasteiger partial charge >= 0.3 is 0 Å². The van der Waals surface area contributed by atoms with Crippen LogP contribution in [-0.2, 0) is 10.1 Å². The molecule has 0 aromatic carbocycles. The Morgan fingerprint density at radius 3 is 1.94 bits per heavy atom. The lowest BCUT2D eigenvalue weighted by molar-refractivity contribution is 0.0655. The second kappa shape index (κ2) is 6.54. The Morgan fingerprint density at radius 2 is 1.62 bits per heavy atom. The minimum atomic E-state index is -3.94. The van der Waals surface area contributed by atoms with E-state index in [1.807, 2.05) is 27.7 Å². The molecule has 0 radical (unpaired) electrons. The topological polar surface area (TPSA) is 86.6 Å². The van der Waals surface area contributed by atoms with Crippen molar-refractivity contribution in [3.05, 3.63) is 0 Å². The number of aliphatic hydroxyl groups excluding tert-OH is 1. The molecule has 2 unspecified atom stereocenters. The Labute approximate surface area is 98.0 Å². The molecule has 0 bridgehead atoms. The van der Waals surface area contributed by atoms with Gasteiger partial charge in [-0.3, -0.25) is 4.55 Å². The van der Waals surface area contributed by atoms with Crippen molar-refractivity contribution in [2.75, 3.05) is 12.3 Å². The fraction of sp³-hybridized carbons (Fsp3) is 1.00. The minimum Gasteiger partial charge on any atom is -0.391 e. The van der Waals surface area contributed by atoms with Gasteiger partial charge in [-0.05, 0) is 11.8 Å². The first kappa shape index (κ1) is 15.8. The van der Waals surface area contributed by atoms with Gasteiger partial charge in [0.05, 0.1) is 11.9 Å². The largest absolute Gasteiger partial charge is 0.391 e. The van der Waals surface area contributed by atoms with Gasteiger partial charge in [0.2, 0.25) is 0 Å². The Morgan fingerprint density at radius 1 is 1.12 bits per heavy atom. The summed E-state index contributed by atoms with van der Waals surface area (Å²) in [5.41, 5.74) is 0. The molecular weight excluding hydrogens is 230 g/mol. The molecule has 0 rings (SSSR count). The predicted octanol–water partition coefficient (Wildman–Crippen LogP) is 0.505. The van der Waals surface area contributed by atoms with Crippen molar-refractivity contribution in [3.8, 4) is 0 Å². The third-order valence-corrected chi connectivity index (χ3v) is 3.23. The molecular formula is C10H23NO4S. The molecule has 0 aromatic heterocycles. The first-order chi connectivity index (χ1) is 7.15. The Kier molecular flexibility index (Phi) is 6.47. The zero-order valence-corrected chi connectivity index (χ0v) is 11.2. The molecule has 2 atom stereocenters. The van der Waals surface area contributed by atoms with Crippen LogP contribution < -0.4 is 5.32 Å². The highest BCUT2D eigenvalue weighted by atomic mass is 32.2. The van der Waals surface area contributed by atoms with Crippen LogP contribution in [0.1, 0.15) is 27.7 Å². The second-order valence-electron chi connectivity index (χ2n) is 4.74. The van der Waals surface area contributed by atoms with Gasteiger partial charge in [-0.1, -0.05) is 27.7 Å². The smallest absolute Gasteiger partial charge is 0.266 e. The van der Waals surface area contributed by atoms with E-state index in [9.17, 15) is 13.5 Å².